The number of para-hydroxylation sites is 1. The molecule has 2 N–H and O–H groups in total. The molecule has 1 unspecified atom stereocenters. The molecule has 1 fully saturated rings. The molecule has 0 saturated carbocycles. The molecule has 0 bridgehead atoms. The summed E-state index contributed by atoms with van der Waals surface area (Å²) in [7, 11) is -3.67. The van der Waals surface area contributed by atoms with Gasteiger partial charge < -0.3 is 10.3 Å². The third-order valence-corrected chi connectivity index (χ3v) is 9.70. The van der Waals surface area contributed by atoms with E-state index in [-0.39, 0.29) is 21.4 Å². The average molecular weight is 528 g/mol. The molecule has 2 aromatic carbocycles. The molecule has 0 spiro atoms. The van der Waals surface area contributed by atoms with Crippen LogP contribution in [0, 0.1) is 0 Å². The number of rotatable bonds is 7. The van der Waals surface area contributed by atoms with Gasteiger partial charge >= 0.3 is 0 Å². The second kappa shape index (κ2) is 10.1. The van der Waals surface area contributed by atoms with Crippen molar-refractivity contribution in [3.8, 4) is 0 Å². The first-order valence-electron chi connectivity index (χ1n) is 11.6. The number of aromatic nitrogens is 1. The molecule has 0 radical (unpaired) electrons. The Balaban J connectivity index is 1.40. The van der Waals surface area contributed by atoms with E-state index in [2.05, 4.69) is 22.4 Å². The number of amides is 1. The highest BCUT2D eigenvalue weighted by Crippen LogP contribution is 2.33. The summed E-state index contributed by atoms with van der Waals surface area (Å²) in [5.41, 5.74) is 2.29. The maximum absolute atomic E-state index is 13.2. The summed E-state index contributed by atoms with van der Waals surface area (Å²) in [6.45, 7) is 1.35. The van der Waals surface area contributed by atoms with Gasteiger partial charge in [-0.1, -0.05) is 42.3 Å². The number of sulfonamides is 1. The third-order valence-electron chi connectivity index (χ3n) is 6.49. The highest BCUT2D eigenvalue weighted by molar-refractivity contribution is 7.89. The van der Waals surface area contributed by atoms with Crippen LogP contribution in [0.1, 0.15) is 46.0 Å². The van der Waals surface area contributed by atoms with Gasteiger partial charge in [0.25, 0.3) is 5.91 Å². The predicted octanol–water partition coefficient (Wildman–Crippen LogP) is 5.62. The number of hydrogen-bond acceptors (Lipinski definition) is 4. The summed E-state index contributed by atoms with van der Waals surface area (Å²) >= 11 is 7.98. The summed E-state index contributed by atoms with van der Waals surface area (Å²) in [6, 6.07) is 16.5. The highest BCUT2D eigenvalue weighted by Gasteiger charge is 2.28. The van der Waals surface area contributed by atoms with Crippen LogP contribution in [-0.2, 0) is 10.0 Å². The van der Waals surface area contributed by atoms with Crippen LogP contribution < -0.4 is 5.32 Å². The highest BCUT2D eigenvalue weighted by atomic mass is 35.5. The summed E-state index contributed by atoms with van der Waals surface area (Å²) < 4.78 is 27.7. The van der Waals surface area contributed by atoms with Crippen molar-refractivity contribution in [2.24, 2.45) is 0 Å². The number of carbonyl (C=O) groups is 1. The van der Waals surface area contributed by atoms with Crippen LogP contribution >= 0.6 is 22.9 Å². The van der Waals surface area contributed by atoms with Gasteiger partial charge in [0.05, 0.1) is 15.5 Å². The Morgan fingerprint density at radius 2 is 1.89 bits per heavy atom. The van der Waals surface area contributed by atoms with Crippen molar-refractivity contribution in [3.05, 3.63) is 87.2 Å². The van der Waals surface area contributed by atoms with E-state index < -0.39 is 15.9 Å². The number of nitrogens with one attached hydrogen (secondary N) is 2. The molecule has 1 aliphatic rings. The van der Waals surface area contributed by atoms with Crippen molar-refractivity contribution >= 4 is 49.8 Å². The van der Waals surface area contributed by atoms with E-state index in [9.17, 15) is 13.2 Å². The SMILES string of the molecule is O=C(NCC(c1cccs1)c1c[nH]c2ccccc12)c1cc(S(=O)(=O)N2CCCCC2)ccc1Cl. The van der Waals surface area contributed by atoms with Crippen LogP contribution in [0.15, 0.2) is 71.1 Å². The Morgan fingerprint density at radius 1 is 1.09 bits per heavy atom. The Kier molecular flexibility index (Phi) is 6.98. The van der Waals surface area contributed by atoms with Crippen LogP contribution in [0.5, 0.6) is 0 Å². The minimum Gasteiger partial charge on any atom is -0.361 e. The average Bonchev–Trinajstić information content (AvgIpc) is 3.56. The molecule has 1 aliphatic heterocycles. The number of halogens is 1. The number of aromatic amines is 1. The monoisotopic (exact) mass is 527 g/mol. The lowest BCUT2D eigenvalue weighted by atomic mass is 9.96. The molecule has 3 heterocycles. The van der Waals surface area contributed by atoms with Gasteiger partial charge in [0, 0.05) is 47.5 Å². The quantitative estimate of drug-likeness (QED) is 0.327. The fourth-order valence-electron chi connectivity index (χ4n) is 4.62. The Hall–Kier alpha value is -2.65. The van der Waals surface area contributed by atoms with Gasteiger partial charge in [0.15, 0.2) is 0 Å². The molecular weight excluding hydrogens is 502 g/mol. The van der Waals surface area contributed by atoms with Gasteiger partial charge in [-0.15, -0.1) is 11.3 Å². The number of piperidine rings is 1. The van der Waals surface area contributed by atoms with Crippen LogP contribution in [-0.4, -0.2) is 43.2 Å². The number of carbonyl (C=O) groups excluding carboxylic acids is 1. The molecule has 182 valence electrons. The number of fused-ring (bicyclic) bond motifs is 1. The van der Waals surface area contributed by atoms with E-state index in [1.165, 1.54) is 22.5 Å². The van der Waals surface area contributed by atoms with Crippen LogP contribution in [0.4, 0.5) is 0 Å². The second-order valence-corrected chi connectivity index (χ2v) is 12.0. The first kappa shape index (κ1) is 24.1. The van der Waals surface area contributed by atoms with Gasteiger partial charge in [-0.05, 0) is 54.1 Å². The lowest BCUT2D eigenvalue weighted by molar-refractivity contribution is 0.0952. The van der Waals surface area contributed by atoms with Crippen molar-refractivity contribution in [1.82, 2.24) is 14.6 Å². The number of benzene rings is 2. The lowest BCUT2D eigenvalue weighted by Crippen LogP contribution is -2.35. The molecule has 0 aliphatic carbocycles. The maximum Gasteiger partial charge on any atom is 0.252 e. The van der Waals surface area contributed by atoms with Crippen molar-refractivity contribution in [2.45, 2.75) is 30.1 Å². The topological polar surface area (TPSA) is 82.3 Å². The molecule has 35 heavy (non-hydrogen) atoms. The molecule has 4 aromatic rings. The Morgan fingerprint density at radius 3 is 2.66 bits per heavy atom. The Bertz CT molecular complexity index is 1440. The molecular formula is C26H26ClN3O3S2. The fraction of sp³-hybridized carbons (Fsp3) is 0.269. The van der Waals surface area contributed by atoms with Gasteiger partial charge in [-0.3, -0.25) is 4.79 Å². The number of thiophene rings is 1. The van der Waals surface area contributed by atoms with Gasteiger partial charge in [-0.2, -0.15) is 4.31 Å². The van der Waals surface area contributed by atoms with Gasteiger partial charge in [0.1, 0.15) is 0 Å². The van der Waals surface area contributed by atoms with E-state index >= 15 is 0 Å². The van der Waals surface area contributed by atoms with E-state index in [1.54, 1.807) is 11.3 Å². The van der Waals surface area contributed by atoms with E-state index in [4.69, 9.17) is 11.6 Å². The summed E-state index contributed by atoms with van der Waals surface area (Å²) in [6.07, 6.45) is 4.71. The van der Waals surface area contributed by atoms with E-state index in [0.29, 0.717) is 19.6 Å². The second-order valence-electron chi connectivity index (χ2n) is 8.67. The van der Waals surface area contributed by atoms with Crippen LogP contribution in [0.3, 0.4) is 0 Å². The standard InChI is InChI=1S/C26H26ClN3O3S2/c27-23-11-10-18(35(32,33)30-12-4-1-5-13-30)15-20(23)26(31)29-17-22(25-9-6-14-34-25)21-16-28-24-8-3-2-7-19(21)24/h2-3,6-11,14-16,22,28H,1,4-5,12-13,17H2,(H,29,31). The maximum atomic E-state index is 13.2. The van der Waals surface area contributed by atoms with Crippen molar-refractivity contribution < 1.29 is 13.2 Å². The van der Waals surface area contributed by atoms with Gasteiger partial charge in [-0.25, -0.2) is 8.42 Å². The molecule has 1 saturated heterocycles. The zero-order chi connectivity index (χ0) is 24.4. The van der Waals surface area contributed by atoms with Crippen LogP contribution in [0.2, 0.25) is 5.02 Å². The first-order chi connectivity index (χ1) is 16.9. The molecule has 9 heteroatoms. The molecule has 1 atom stereocenters. The zero-order valence-corrected chi connectivity index (χ0v) is 21.4. The summed E-state index contributed by atoms with van der Waals surface area (Å²) in [5, 5.41) is 6.35. The van der Waals surface area contributed by atoms with E-state index in [0.717, 1.165) is 40.6 Å². The smallest absolute Gasteiger partial charge is 0.252 e. The van der Waals surface area contributed by atoms with Crippen LogP contribution in [0.25, 0.3) is 10.9 Å². The Labute approximate surface area is 214 Å². The molecule has 6 nitrogen and oxygen atoms in total. The summed E-state index contributed by atoms with van der Waals surface area (Å²) in [4.78, 5) is 17.8. The molecule has 2 aromatic heterocycles. The summed E-state index contributed by atoms with van der Waals surface area (Å²) in [5.74, 6) is -0.457. The number of hydrogen-bond donors (Lipinski definition) is 2. The number of H-pyrrole nitrogens is 1. The van der Waals surface area contributed by atoms with Crippen molar-refractivity contribution in [3.63, 3.8) is 0 Å². The normalized spacial score (nSPS) is 15.8. The van der Waals surface area contributed by atoms with E-state index in [1.807, 2.05) is 35.8 Å². The fourth-order valence-corrected chi connectivity index (χ4v) is 7.21. The minimum atomic E-state index is -3.67. The first-order valence-corrected chi connectivity index (χ1v) is 14.3. The minimum absolute atomic E-state index is 0.0610. The third kappa shape index (κ3) is 4.89. The largest absolute Gasteiger partial charge is 0.361 e. The number of nitrogens with zero attached hydrogens (tertiary/aromatic N) is 1. The van der Waals surface area contributed by atoms with Crippen molar-refractivity contribution in [1.29, 1.82) is 0 Å². The zero-order valence-electron chi connectivity index (χ0n) is 19.0. The molecule has 5 rings (SSSR count). The lowest BCUT2D eigenvalue weighted by Gasteiger charge is -2.26. The molecule has 1 amide bonds. The van der Waals surface area contributed by atoms with Gasteiger partial charge in [0.2, 0.25) is 10.0 Å². The predicted molar refractivity (Wildman–Crippen MR) is 141 cm³/mol. The van der Waals surface area contributed by atoms with Crippen molar-refractivity contribution in [2.75, 3.05) is 19.6 Å².